The summed E-state index contributed by atoms with van der Waals surface area (Å²) in [6.07, 6.45) is 2.74. The van der Waals surface area contributed by atoms with Crippen LogP contribution in [-0.4, -0.2) is 25.7 Å². The molecule has 0 saturated heterocycles. The number of hydrogen-bond acceptors (Lipinski definition) is 2. The molecule has 0 aliphatic heterocycles. The molecule has 0 aromatic heterocycles. The summed E-state index contributed by atoms with van der Waals surface area (Å²) < 4.78 is 5.29. The molecule has 2 aromatic carbocycles. The Morgan fingerprint density at radius 1 is 1.04 bits per heavy atom. The number of hydrogen-bond donors (Lipinski definition) is 1. The Labute approximate surface area is 138 Å². The van der Waals surface area contributed by atoms with Crippen molar-refractivity contribution in [2.24, 2.45) is 0 Å². The summed E-state index contributed by atoms with van der Waals surface area (Å²) in [6, 6.07) is 19.6. The van der Waals surface area contributed by atoms with E-state index in [9.17, 15) is 4.79 Å². The third kappa shape index (κ3) is 5.72. The Morgan fingerprint density at radius 2 is 1.70 bits per heavy atom. The lowest BCUT2D eigenvalue weighted by Gasteiger charge is -2.10. The van der Waals surface area contributed by atoms with Crippen molar-refractivity contribution in [2.45, 2.75) is 13.3 Å². The van der Waals surface area contributed by atoms with Crippen molar-refractivity contribution in [3.05, 3.63) is 71.8 Å². The monoisotopic (exact) mass is 309 g/mol. The molecule has 0 radical (unpaired) electrons. The fraction of sp³-hybridized carbons (Fsp3) is 0.250. The second kappa shape index (κ2) is 9.59. The Morgan fingerprint density at radius 3 is 2.35 bits per heavy atom. The van der Waals surface area contributed by atoms with E-state index in [2.05, 4.69) is 5.32 Å². The van der Waals surface area contributed by atoms with E-state index in [1.165, 1.54) is 0 Å². The first-order valence-corrected chi connectivity index (χ1v) is 7.99. The van der Waals surface area contributed by atoms with Crippen LogP contribution >= 0.6 is 0 Å². The largest absolute Gasteiger partial charge is 0.382 e. The minimum absolute atomic E-state index is 0.0587. The Balaban J connectivity index is 2.11. The van der Waals surface area contributed by atoms with Crippen LogP contribution in [0, 0.1) is 0 Å². The molecule has 0 saturated carbocycles. The van der Waals surface area contributed by atoms with Gasteiger partial charge in [0.05, 0.1) is 0 Å². The van der Waals surface area contributed by atoms with Gasteiger partial charge >= 0.3 is 0 Å². The van der Waals surface area contributed by atoms with Crippen LogP contribution in [0.25, 0.3) is 11.6 Å². The molecule has 1 N–H and O–H groups in total. The number of nitrogens with one attached hydrogen (secondary N) is 1. The standard InChI is InChI=1S/C20H23NO2/c1-2-23-15-9-14-21-20(22)19(18-12-7-4-8-13-18)16-17-10-5-3-6-11-17/h3-8,10-13,16H,2,9,14-15H2,1H3,(H,21,22)/b19-16-. The predicted molar refractivity (Wildman–Crippen MR) is 94.9 cm³/mol. The van der Waals surface area contributed by atoms with Crippen LogP contribution in [0.15, 0.2) is 60.7 Å². The maximum atomic E-state index is 12.6. The molecule has 0 fully saturated rings. The van der Waals surface area contributed by atoms with Gasteiger partial charge in [-0.1, -0.05) is 60.7 Å². The van der Waals surface area contributed by atoms with E-state index < -0.39 is 0 Å². The summed E-state index contributed by atoms with van der Waals surface area (Å²) in [7, 11) is 0. The van der Waals surface area contributed by atoms with Crippen molar-refractivity contribution in [3.63, 3.8) is 0 Å². The van der Waals surface area contributed by atoms with Gasteiger partial charge in [-0.2, -0.15) is 0 Å². The molecule has 0 bridgehead atoms. The van der Waals surface area contributed by atoms with Gasteiger partial charge in [0, 0.05) is 25.3 Å². The van der Waals surface area contributed by atoms with Crippen molar-refractivity contribution in [3.8, 4) is 0 Å². The topological polar surface area (TPSA) is 38.3 Å². The summed E-state index contributed by atoms with van der Waals surface area (Å²) in [6.45, 7) is 3.95. The third-order valence-corrected chi connectivity index (χ3v) is 3.40. The normalized spacial score (nSPS) is 11.3. The van der Waals surface area contributed by atoms with Gasteiger partial charge < -0.3 is 10.1 Å². The average Bonchev–Trinajstić information content (AvgIpc) is 2.61. The molecular weight excluding hydrogens is 286 g/mol. The minimum atomic E-state index is -0.0587. The van der Waals surface area contributed by atoms with Gasteiger partial charge in [-0.05, 0) is 30.5 Å². The van der Waals surface area contributed by atoms with Crippen LogP contribution in [0.4, 0.5) is 0 Å². The Hall–Kier alpha value is -2.39. The lowest BCUT2D eigenvalue weighted by atomic mass is 10.0. The molecule has 0 unspecified atom stereocenters. The van der Waals surface area contributed by atoms with E-state index in [1.807, 2.05) is 73.7 Å². The summed E-state index contributed by atoms with van der Waals surface area (Å²) in [4.78, 5) is 12.6. The van der Waals surface area contributed by atoms with Crippen LogP contribution in [0.1, 0.15) is 24.5 Å². The zero-order valence-electron chi connectivity index (χ0n) is 13.5. The molecule has 0 aliphatic rings. The van der Waals surface area contributed by atoms with Crippen LogP contribution in [0.5, 0.6) is 0 Å². The quantitative estimate of drug-likeness (QED) is 0.458. The maximum Gasteiger partial charge on any atom is 0.251 e. The number of carbonyl (C=O) groups excluding carboxylic acids is 1. The molecule has 23 heavy (non-hydrogen) atoms. The van der Waals surface area contributed by atoms with E-state index in [0.717, 1.165) is 17.5 Å². The fourth-order valence-electron chi connectivity index (χ4n) is 2.23. The number of benzene rings is 2. The maximum absolute atomic E-state index is 12.6. The molecule has 1 amide bonds. The first-order valence-electron chi connectivity index (χ1n) is 7.99. The fourth-order valence-corrected chi connectivity index (χ4v) is 2.23. The minimum Gasteiger partial charge on any atom is -0.382 e. The number of ether oxygens (including phenoxy) is 1. The molecule has 0 spiro atoms. The highest BCUT2D eigenvalue weighted by atomic mass is 16.5. The van der Waals surface area contributed by atoms with Gasteiger partial charge in [-0.3, -0.25) is 4.79 Å². The molecule has 3 heteroatoms. The van der Waals surface area contributed by atoms with Crippen molar-refractivity contribution in [1.82, 2.24) is 5.32 Å². The molecule has 0 atom stereocenters. The van der Waals surface area contributed by atoms with Gasteiger partial charge in [-0.25, -0.2) is 0 Å². The highest BCUT2D eigenvalue weighted by Crippen LogP contribution is 2.18. The summed E-state index contributed by atoms with van der Waals surface area (Å²) in [5, 5.41) is 2.97. The van der Waals surface area contributed by atoms with E-state index in [-0.39, 0.29) is 5.91 Å². The summed E-state index contributed by atoms with van der Waals surface area (Å²) in [5.41, 5.74) is 2.60. The smallest absolute Gasteiger partial charge is 0.251 e. The van der Waals surface area contributed by atoms with Gasteiger partial charge in [0.1, 0.15) is 0 Å². The molecule has 0 aliphatic carbocycles. The van der Waals surface area contributed by atoms with Crippen LogP contribution < -0.4 is 5.32 Å². The number of carbonyl (C=O) groups is 1. The van der Waals surface area contributed by atoms with Gasteiger partial charge in [0.2, 0.25) is 0 Å². The zero-order valence-corrected chi connectivity index (χ0v) is 13.5. The van der Waals surface area contributed by atoms with E-state index in [1.54, 1.807) is 0 Å². The highest BCUT2D eigenvalue weighted by molar-refractivity contribution is 6.24. The molecule has 120 valence electrons. The van der Waals surface area contributed by atoms with Crippen molar-refractivity contribution >= 4 is 17.6 Å². The van der Waals surface area contributed by atoms with Crippen molar-refractivity contribution < 1.29 is 9.53 Å². The second-order valence-electron chi connectivity index (χ2n) is 5.14. The number of amides is 1. The Bertz CT molecular complexity index is 621. The summed E-state index contributed by atoms with van der Waals surface area (Å²) >= 11 is 0. The first kappa shape index (κ1) is 17.0. The third-order valence-electron chi connectivity index (χ3n) is 3.40. The van der Waals surface area contributed by atoms with Gasteiger partial charge in [0.25, 0.3) is 5.91 Å². The molecule has 0 heterocycles. The first-order chi connectivity index (χ1) is 11.3. The van der Waals surface area contributed by atoms with Gasteiger partial charge in [0.15, 0.2) is 0 Å². The molecule has 3 nitrogen and oxygen atoms in total. The SMILES string of the molecule is CCOCCCNC(=O)/C(=C\c1ccccc1)c1ccccc1. The van der Waals surface area contributed by atoms with Crippen LogP contribution in [-0.2, 0) is 9.53 Å². The highest BCUT2D eigenvalue weighted by Gasteiger charge is 2.11. The van der Waals surface area contributed by atoms with E-state index in [0.29, 0.717) is 25.3 Å². The molecule has 2 aromatic rings. The van der Waals surface area contributed by atoms with E-state index in [4.69, 9.17) is 4.74 Å². The zero-order chi connectivity index (χ0) is 16.3. The Kier molecular flexibility index (Phi) is 7.08. The predicted octanol–water partition coefficient (Wildman–Crippen LogP) is 3.77. The lowest BCUT2D eigenvalue weighted by molar-refractivity contribution is -0.115. The summed E-state index contributed by atoms with van der Waals surface area (Å²) in [5.74, 6) is -0.0587. The van der Waals surface area contributed by atoms with Crippen molar-refractivity contribution in [1.29, 1.82) is 0 Å². The molecule has 2 rings (SSSR count). The number of rotatable bonds is 8. The second-order valence-corrected chi connectivity index (χ2v) is 5.14. The average molecular weight is 309 g/mol. The van der Waals surface area contributed by atoms with Crippen LogP contribution in [0.2, 0.25) is 0 Å². The lowest BCUT2D eigenvalue weighted by Crippen LogP contribution is -2.26. The van der Waals surface area contributed by atoms with E-state index >= 15 is 0 Å². The van der Waals surface area contributed by atoms with Gasteiger partial charge in [-0.15, -0.1) is 0 Å². The van der Waals surface area contributed by atoms with Crippen LogP contribution in [0.3, 0.4) is 0 Å². The van der Waals surface area contributed by atoms with Crippen molar-refractivity contribution in [2.75, 3.05) is 19.8 Å². The molecular formula is C20H23NO2.